The zero-order chi connectivity index (χ0) is 9.41. The van der Waals surface area contributed by atoms with E-state index >= 15 is 0 Å². The van der Waals surface area contributed by atoms with E-state index in [9.17, 15) is 13.2 Å². The van der Waals surface area contributed by atoms with Crippen molar-refractivity contribution in [2.45, 2.75) is 10.5 Å². The third kappa shape index (κ3) is 1.70. The molecule has 0 spiro atoms. The van der Waals surface area contributed by atoms with E-state index in [1.165, 1.54) is 11.4 Å². The van der Waals surface area contributed by atoms with Crippen molar-refractivity contribution in [3.63, 3.8) is 0 Å². The van der Waals surface area contributed by atoms with Crippen LogP contribution < -0.4 is 0 Å². The summed E-state index contributed by atoms with van der Waals surface area (Å²) in [5, 5.41) is -5.98. The molecule has 0 aliphatic heterocycles. The van der Waals surface area contributed by atoms with Gasteiger partial charge >= 0.3 is 5.38 Å². The van der Waals surface area contributed by atoms with Crippen LogP contribution in [0.25, 0.3) is 0 Å². The van der Waals surface area contributed by atoms with Gasteiger partial charge in [-0.1, -0.05) is 17.7 Å². The molecule has 12 heavy (non-hydrogen) atoms. The van der Waals surface area contributed by atoms with E-state index < -0.39 is 10.5 Å². The van der Waals surface area contributed by atoms with Crippen LogP contribution >= 0.6 is 34.5 Å². The second-order valence-corrected chi connectivity index (χ2v) is 3.99. The first kappa shape index (κ1) is 10.2. The Morgan fingerprint density at radius 3 is 2.17 bits per heavy atom. The van der Waals surface area contributed by atoms with Gasteiger partial charge in [-0.05, 0) is 23.0 Å². The number of rotatable bonds is 2. The van der Waals surface area contributed by atoms with Crippen molar-refractivity contribution in [2.75, 3.05) is 0 Å². The summed E-state index contributed by atoms with van der Waals surface area (Å²) in [4.78, 5) is -0.302. The molecule has 1 aromatic rings. The molecule has 0 saturated carbocycles. The number of alkyl halides is 5. The Hall–Kier alpha value is 0.0700. The topological polar surface area (TPSA) is 0 Å². The summed E-state index contributed by atoms with van der Waals surface area (Å²) >= 11 is 10.2. The van der Waals surface area contributed by atoms with E-state index in [0.717, 1.165) is 17.4 Å². The van der Waals surface area contributed by atoms with Gasteiger partial charge in [0.05, 0.1) is 4.88 Å². The van der Waals surface area contributed by atoms with E-state index in [0.29, 0.717) is 0 Å². The predicted molar refractivity (Wildman–Crippen MR) is 43.8 cm³/mol. The molecule has 0 nitrogen and oxygen atoms in total. The van der Waals surface area contributed by atoms with Crippen LogP contribution in [0.3, 0.4) is 0 Å². The molecule has 0 aliphatic rings. The van der Waals surface area contributed by atoms with Crippen LogP contribution in [0.2, 0.25) is 0 Å². The van der Waals surface area contributed by atoms with Crippen molar-refractivity contribution in [3.05, 3.63) is 22.4 Å². The Balaban J connectivity index is 3.02. The summed E-state index contributed by atoms with van der Waals surface area (Å²) in [5.74, 6) is 0. The van der Waals surface area contributed by atoms with Crippen LogP contribution in [-0.2, 0) is 5.13 Å². The standard InChI is InChI=1S/C6H3Cl2F3S/c7-5(9,6(8,10)11)4-2-1-3-12-4/h1-3H/t5-/m0/s1. The summed E-state index contributed by atoms with van der Waals surface area (Å²) in [6.45, 7) is 0. The molecule has 1 heterocycles. The zero-order valence-electron chi connectivity index (χ0n) is 5.53. The molecule has 0 fully saturated rings. The molecule has 6 heteroatoms. The van der Waals surface area contributed by atoms with Crippen molar-refractivity contribution < 1.29 is 13.2 Å². The maximum Gasteiger partial charge on any atom is 0.374 e. The van der Waals surface area contributed by atoms with Crippen LogP contribution in [0.15, 0.2) is 17.5 Å². The molecule has 0 radical (unpaired) electrons. The normalized spacial score (nSPS) is 17.4. The predicted octanol–water partition coefficient (Wildman–Crippen LogP) is 3.94. The van der Waals surface area contributed by atoms with E-state index in [-0.39, 0.29) is 4.88 Å². The summed E-state index contributed by atoms with van der Waals surface area (Å²) in [5.41, 5.74) is 0. The minimum absolute atomic E-state index is 0.302. The molecule has 1 atom stereocenters. The van der Waals surface area contributed by atoms with Gasteiger partial charge in [-0.15, -0.1) is 11.3 Å². The summed E-state index contributed by atoms with van der Waals surface area (Å²) in [7, 11) is 0. The summed E-state index contributed by atoms with van der Waals surface area (Å²) in [6.07, 6.45) is 0. The van der Waals surface area contributed by atoms with Crippen LogP contribution in [0.1, 0.15) is 4.88 Å². The van der Waals surface area contributed by atoms with Gasteiger partial charge < -0.3 is 0 Å². The zero-order valence-corrected chi connectivity index (χ0v) is 7.86. The SMILES string of the molecule is FC(F)(Cl)[C@](F)(Cl)c1cccs1. The average Bonchev–Trinajstić information content (AvgIpc) is 2.34. The van der Waals surface area contributed by atoms with Gasteiger partial charge in [0.1, 0.15) is 0 Å². The van der Waals surface area contributed by atoms with Crippen LogP contribution in [0, 0.1) is 0 Å². The van der Waals surface area contributed by atoms with Crippen LogP contribution in [0.5, 0.6) is 0 Å². The van der Waals surface area contributed by atoms with Gasteiger partial charge in [-0.25, -0.2) is 4.39 Å². The highest BCUT2D eigenvalue weighted by molar-refractivity contribution is 7.10. The van der Waals surface area contributed by atoms with Crippen molar-refractivity contribution in [2.24, 2.45) is 0 Å². The van der Waals surface area contributed by atoms with Gasteiger partial charge in [0, 0.05) is 0 Å². The lowest BCUT2D eigenvalue weighted by atomic mass is 10.3. The first-order chi connectivity index (χ1) is 5.36. The summed E-state index contributed by atoms with van der Waals surface area (Å²) < 4.78 is 37.7. The van der Waals surface area contributed by atoms with Gasteiger partial charge in [0.15, 0.2) is 0 Å². The average molecular weight is 235 g/mol. The Bertz CT molecular complexity index is 252. The van der Waals surface area contributed by atoms with E-state index in [2.05, 4.69) is 11.6 Å². The molecule has 68 valence electrons. The number of thiophene rings is 1. The first-order valence-corrected chi connectivity index (χ1v) is 4.48. The minimum Gasteiger partial charge on any atom is -0.212 e. The molecule has 0 amide bonds. The number of hydrogen-bond acceptors (Lipinski definition) is 1. The molecule has 0 N–H and O–H groups in total. The quantitative estimate of drug-likeness (QED) is 0.681. The largest absolute Gasteiger partial charge is 0.374 e. The van der Waals surface area contributed by atoms with E-state index in [4.69, 9.17) is 11.6 Å². The van der Waals surface area contributed by atoms with Crippen LogP contribution in [0.4, 0.5) is 13.2 Å². The molecular formula is C6H3Cl2F3S. The van der Waals surface area contributed by atoms with Gasteiger partial charge in [0.25, 0.3) is 5.13 Å². The van der Waals surface area contributed by atoms with Gasteiger partial charge in [-0.3, -0.25) is 0 Å². The first-order valence-electron chi connectivity index (χ1n) is 2.84. The lowest BCUT2D eigenvalue weighted by molar-refractivity contribution is -0.0206. The molecule has 0 aromatic carbocycles. The molecule has 0 bridgehead atoms. The second kappa shape index (κ2) is 3.09. The fraction of sp³-hybridized carbons (Fsp3) is 0.333. The minimum atomic E-state index is -4.10. The Labute approximate surface area is 80.9 Å². The van der Waals surface area contributed by atoms with Crippen molar-refractivity contribution >= 4 is 34.5 Å². The lowest BCUT2D eigenvalue weighted by Gasteiger charge is -2.20. The van der Waals surface area contributed by atoms with Gasteiger partial charge in [-0.2, -0.15) is 8.78 Å². The Morgan fingerprint density at radius 2 is 1.83 bits per heavy atom. The molecule has 0 saturated heterocycles. The number of hydrogen-bond donors (Lipinski definition) is 0. The Morgan fingerprint density at radius 1 is 1.25 bits per heavy atom. The molecule has 1 rings (SSSR count). The number of halogens is 5. The monoisotopic (exact) mass is 234 g/mol. The highest BCUT2D eigenvalue weighted by atomic mass is 35.5. The van der Waals surface area contributed by atoms with Crippen molar-refractivity contribution in [3.8, 4) is 0 Å². The molecular weight excluding hydrogens is 232 g/mol. The Kier molecular flexibility index (Phi) is 2.61. The van der Waals surface area contributed by atoms with Gasteiger partial charge in [0.2, 0.25) is 0 Å². The molecule has 0 aliphatic carbocycles. The lowest BCUT2D eigenvalue weighted by Crippen LogP contribution is -2.30. The van der Waals surface area contributed by atoms with E-state index in [1.807, 2.05) is 0 Å². The van der Waals surface area contributed by atoms with Crippen LogP contribution in [-0.4, -0.2) is 5.38 Å². The fourth-order valence-electron chi connectivity index (χ4n) is 0.597. The smallest absolute Gasteiger partial charge is 0.212 e. The second-order valence-electron chi connectivity index (χ2n) is 2.05. The van der Waals surface area contributed by atoms with Crippen molar-refractivity contribution in [1.82, 2.24) is 0 Å². The van der Waals surface area contributed by atoms with E-state index in [1.54, 1.807) is 0 Å². The maximum absolute atomic E-state index is 13.1. The van der Waals surface area contributed by atoms with Crippen molar-refractivity contribution in [1.29, 1.82) is 0 Å². The molecule has 0 unspecified atom stereocenters. The highest BCUT2D eigenvalue weighted by Crippen LogP contribution is 2.48. The summed E-state index contributed by atoms with van der Waals surface area (Å²) in [6, 6.07) is 2.58. The highest BCUT2D eigenvalue weighted by Gasteiger charge is 2.54. The fourth-order valence-corrected chi connectivity index (χ4v) is 1.69. The third-order valence-electron chi connectivity index (χ3n) is 1.19. The third-order valence-corrected chi connectivity index (χ3v) is 3.06. The molecule has 1 aromatic heterocycles. The maximum atomic E-state index is 13.1.